The maximum absolute atomic E-state index is 14.1. The number of rotatable bonds is 6. The molecule has 1 N–H and O–H groups in total. The Morgan fingerprint density at radius 3 is 2.72 bits per heavy atom. The molecule has 1 fully saturated rings. The predicted molar refractivity (Wildman–Crippen MR) is 122 cm³/mol. The predicted octanol–water partition coefficient (Wildman–Crippen LogP) is 3.00. The normalized spacial score (nSPS) is 17.3. The summed E-state index contributed by atoms with van der Waals surface area (Å²) in [5.74, 6) is 2.29. The Morgan fingerprint density at radius 1 is 1.06 bits per heavy atom. The summed E-state index contributed by atoms with van der Waals surface area (Å²) in [6.07, 6.45) is 6.49. The van der Waals surface area contributed by atoms with Crippen molar-refractivity contribution in [3.63, 3.8) is 0 Å². The van der Waals surface area contributed by atoms with Crippen LogP contribution < -0.4 is 10.2 Å². The van der Waals surface area contributed by atoms with Gasteiger partial charge < -0.3 is 19.7 Å². The van der Waals surface area contributed by atoms with Gasteiger partial charge in [0.15, 0.2) is 5.96 Å². The van der Waals surface area contributed by atoms with Gasteiger partial charge in [-0.3, -0.25) is 4.99 Å². The number of halogens is 2. The summed E-state index contributed by atoms with van der Waals surface area (Å²) in [6.45, 7) is 7.24. The third-order valence-electron chi connectivity index (χ3n) is 6.17. The largest absolute Gasteiger partial charge is 0.366 e. The van der Waals surface area contributed by atoms with Gasteiger partial charge in [0.25, 0.3) is 0 Å². The number of piperazine rings is 1. The summed E-state index contributed by atoms with van der Waals surface area (Å²) < 4.78 is 30.0. The van der Waals surface area contributed by atoms with Crippen LogP contribution in [0.15, 0.2) is 23.2 Å². The first-order chi connectivity index (χ1) is 15.7. The van der Waals surface area contributed by atoms with Crippen LogP contribution in [-0.4, -0.2) is 64.9 Å². The highest BCUT2D eigenvalue weighted by Crippen LogP contribution is 2.22. The molecule has 1 saturated heterocycles. The molecule has 0 amide bonds. The summed E-state index contributed by atoms with van der Waals surface area (Å²) >= 11 is 0. The monoisotopic (exact) mass is 445 g/mol. The van der Waals surface area contributed by atoms with E-state index in [-0.39, 0.29) is 5.82 Å². The lowest BCUT2D eigenvalue weighted by molar-refractivity contribution is 0.370. The Hall–Kier alpha value is -2.71. The van der Waals surface area contributed by atoms with E-state index in [0.29, 0.717) is 38.4 Å². The number of hydrogen-bond acceptors (Lipinski definition) is 4. The van der Waals surface area contributed by atoms with Crippen LogP contribution in [0.4, 0.5) is 14.5 Å². The van der Waals surface area contributed by atoms with Crippen LogP contribution in [0.3, 0.4) is 0 Å². The van der Waals surface area contributed by atoms with Crippen molar-refractivity contribution in [2.24, 2.45) is 4.99 Å². The highest BCUT2D eigenvalue weighted by Gasteiger charge is 2.22. The molecule has 0 atom stereocenters. The fraction of sp³-hybridized carbons (Fsp3) is 0.609. The minimum Gasteiger partial charge on any atom is -0.366 e. The molecular weight excluding hydrogens is 412 g/mol. The van der Waals surface area contributed by atoms with Gasteiger partial charge in [-0.1, -0.05) is 6.42 Å². The lowest BCUT2D eigenvalue weighted by Gasteiger charge is -2.37. The highest BCUT2D eigenvalue weighted by molar-refractivity contribution is 5.80. The number of fused-ring (bicyclic) bond motifs is 1. The summed E-state index contributed by atoms with van der Waals surface area (Å²) in [4.78, 5) is 8.91. The maximum Gasteiger partial charge on any atom is 0.194 e. The van der Waals surface area contributed by atoms with Gasteiger partial charge in [-0.25, -0.2) is 8.78 Å². The van der Waals surface area contributed by atoms with Crippen molar-refractivity contribution in [1.82, 2.24) is 25.0 Å². The number of aromatic nitrogens is 3. The number of anilines is 1. The Labute approximate surface area is 188 Å². The molecular formula is C23H33F2N7. The molecule has 4 rings (SSSR count). The number of hydrogen-bond donors (Lipinski definition) is 1. The number of nitrogens with one attached hydrogen (secondary N) is 1. The topological polar surface area (TPSA) is 61.6 Å². The fourth-order valence-electron chi connectivity index (χ4n) is 4.47. The molecule has 0 bridgehead atoms. The standard InChI is InChI=1S/C23H33F2N7/c1-2-26-23(27-11-6-8-22-29-28-21-7-4-3-5-12-32(21)22)31-15-13-30(14-16-31)20-17-18(24)9-10-19(20)25/h9-10,17H,2-8,11-16H2,1H3,(H,26,27). The van der Waals surface area contributed by atoms with Gasteiger partial charge >= 0.3 is 0 Å². The van der Waals surface area contributed by atoms with Crippen LogP contribution in [0.25, 0.3) is 0 Å². The van der Waals surface area contributed by atoms with Crippen LogP contribution in [0.1, 0.15) is 44.3 Å². The van der Waals surface area contributed by atoms with Gasteiger partial charge in [-0.05, 0) is 38.3 Å². The van der Waals surface area contributed by atoms with Crippen molar-refractivity contribution >= 4 is 11.6 Å². The minimum atomic E-state index is -0.414. The van der Waals surface area contributed by atoms with Crippen molar-refractivity contribution in [3.8, 4) is 0 Å². The molecule has 1 aromatic carbocycles. The Morgan fingerprint density at radius 2 is 1.91 bits per heavy atom. The second kappa shape index (κ2) is 10.7. The van der Waals surface area contributed by atoms with E-state index in [9.17, 15) is 8.78 Å². The van der Waals surface area contributed by atoms with Gasteiger partial charge in [-0.15, -0.1) is 10.2 Å². The van der Waals surface area contributed by atoms with E-state index in [2.05, 4.69) is 31.9 Å². The first kappa shape index (κ1) is 22.5. The maximum atomic E-state index is 14.1. The number of guanidine groups is 1. The quantitative estimate of drug-likeness (QED) is 0.421. The van der Waals surface area contributed by atoms with E-state index in [1.165, 1.54) is 31.4 Å². The zero-order valence-electron chi connectivity index (χ0n) is 18.9. The molecule has 32 heavy (non-hydrogen) atoms. The van der Waals surface area contributed by atoms with E-state index in [1.807, 2.05) is 4.90 Å². The molecule has 1 aromatic heterocycles. The molecule has 2 aromatic rings. The fourth-order valence-corrected chi connectivity index (χ4v) is 4.47. The molecule has 2 aliphatic rings. The van der Waals surface area contributed by atoms with E-state index < -0.39 is 5.82 Å². The molecule has 0 aliphatic carbocycles. The third kappa shape index (κ3) is 5.37. The summed E-state index contributed by atoms with van der Waals surface area (Å²) in [5.41, 5.74) is 0.332. The van der Waals surface area contributed by atoms with Crippen molar-refractivity contribution in [2.45, 2.75) is 52.0 Å². The van der Waals surface area contributed by atoms with Crippen molar-refractivity contribution in [2.75, 3.05) is 44.2 Å². The van der Waals surface area contributed by atoms with E-state index in [0.717, 1.165) is 56.0 Å². The average molecular weight is 446 g/mol. The van der Waals surface area contributed by atoms with Crippen molar-refractivity contribution in [1.29, 1.82) is 0 Å². The van der Waals surface area contributed by atoms with Crippen LogP contribution >= 0.6 is 0 Å². The molecule has 0 radical (unpaired) electrons. The van der Waals surface area contributed by atoms with Crippen LogP contribution in [0.2, 0.25) is 0 Å². The zero-order valence-corrected chi connectivity index (χ0v) is 18.9. The lowest BCUT2D eigenvalue weighted by atomic mass is 10.2. The van der Waals surface area contributed by atoms with Crippen molar-refractivity contribution < 1.29 is 8.78 Å². The van der Waals surface area contributed by atoms with Crippen LogP contribution in [-0.2, 0) is 19.4 Å². The first-order valence-corrected chi connectivity index (χ1v) is 11.8. The summed E-state index contributed by atoms with van der Waals surface area (Å²) in [5, 5.41) is 12.2. The third-order valence-corrected chi connectivity index (χ3v) is 6.17. The second-order valence-corrected chi connectivity index (χ2v) is 8.40. The molecule has 2 aliphatic heterocycles. The number of benzene rings is 1. The summed E-state index contributed by atoms with van der Waals surface area (Å²) in [6, 6.07) is 3.62. The average Bonchev–Trinajstić information content (AvgIpc) is 3.03. The van der Waals surface area contributed by atoms with Gasteiger partial charge in [0.1, 0.15) is 23.3 Å². The molecule has 3 heterocycles. The Bertz CT molecular complexity index is 919. The van der Waals surface area contributed by atoms with Gasteiger partial charge in [-0.2, -0.15) is 0 Å². The summed E-state index contributed by atoms with van der Waals surface area (Å²) in [7, 11) is 0. The minimum absolute atomic E-state index is 0.332. The van der Waals surface area contributed by atoms with Gasteiger partial charge in [0.05, 0.1) is 5.69 Å². The van der Waals surface area contributed by atoms with Gasteiger partial charge in [0.2, 0.25) is 0 Å². The smallest absolute Gasteiger partial charge is 0.194 e. The molecule has 9 heteroatoms. The lowest BCUT2D eigenvalue weighted by Crippen LogP contribution is -2.52. The molecule has 174 valence electrons. The van der Waals surface area contributed by atoms with Crippen LogP contribution in [0, 0.1) is 11.6 Å². The van der Waals surface area contributed by atoms with E-state index >= 15 is 0 Å². The Balaban J connectivity index is 1.31. The van der Waals surface area contributed by atoms with Crippen LogP contribution in [0.5, 0.6) is 0 Å². The van der Waals surface area contributed by atoms with E-state index in [4.69, 9.17) is 4.99 Å². The van der Waals surface area contributed by atoms with Gasteiger partial charge in [0, 0.05) is 64.7 Å². The Kier molecular flexibility index (Phi) is 7.55. The SMILES string of the molecule is CCNC(=NCCCc1nnc2n1CCCCC2)N1CCN(c2cc(F)ccc2F)CC1. The number of aryl methyl sites for hydroxylation is 2. The molecule has 7 nitrogen and oxygen atoms in total. The second-order valence-electron chi connectivity index (χ2n) is 8.40. The molecule has 0 unspecified atom stereocenters. The number of aliphatic imine (C=N–C) groups is 1. The zero-order chi connectivity index (χ0) is 22.3. The van der Waals surface area contributed by atoms with Crippen molar-refractivity contribution in [3.05, 3.63) is 41.5 Å². The number of nitrogens with zero attached hydrogens (tertiary/aromatic N) is 6. The molecule has 0 saturated carbocycles. The molecule has 0 spiro atoms. The van der Waals surface area contributed by atoms with E-state index in [1.54, 1.807) is 0 Å². The first-order valence-electron chi connectivity index (χ1n) is 11.8. The highest BCUT2D eigenvalue weighted by atomic mass is 19.1.